The molecule has 4 aromatic rings. The van der Waals surface area contributed by atoms with Crippen molar-refractivity contribution in [2.24, 2.45) is 0 Å². The summed E-state index contributed by atoms with van der Waals surface area (Å²) in [6.45, 7) is 1.61. The Labute approximate surface area is 165 Å². The summed E-state index contributed by atoms with van der Waals surface area (Å²) < 4.78 is 24.1. The van der Waals surface area contributed by atoms with Gasteiger partial charge in [0.15, 0.2) is 18.0 Å². The quantitative estimate of drug-likeness (QED) is 0.486. The predicted octanol–water partition coefficient (Wildman–Crippen LogP) is 3.88. The third-order valence-electron chi connectivity index (χ3n) is 4.83. The first-order chi connectivity index (χ1) is 14.0. The van der Waals surface area contributed by atoms with E-state index in [0.717, 1.165) is 16.5 Å². The van der Waals surface area contributed by atoms with Crippen LogP contribution in [0.25, 0.3) is 21.9 Å². The van der Waals surface area contributed by atoms with Gasteiger partial charge in [-0.2, -0.15) is 0 Å². The van der Waals surface area contributed by atoms with Crippen molar-refractivity contribution in [1.82, 2.24) is 10.3 Å². The van der Waals surface area contributed by atoms with Crippen molar-refractivity contribution in [1.29, 1.82) is 0 Å². The summed E-state index contributed by atoms with van der Waals surface area (Å²) >= 11 is 0. The molecule has 0 radical (unpaired) electrons. The van der Waals surface area contributed by atoms with E-state index < -0.39 is 24.3 Å². The summed E-state index contributed by atoms with van der Waals surface area (Å²) in [4.78, 5) is 27.4. The summed E-state index contributed by atoms with van der Waals surface area (Å²) in [6, 6.07) is 12.4. The van der Waals surface area contributed by atoms with Gasteiger partial charge in [0.1, 0.15) is 0 Å². The number of ether oxygens (including phenoxy) is 1. The zero-order valence-electron chi connectivity index (χ0n) is 15.8. The Kier molecular flexibility index (Phi) is 5.03. The van der Waals surface area contributed by atoms with Crippen LogP contribution < -0.4 is 5.32 Å². The summed E-state index contributed by atoms with van der Waals surface area (Å²) in [5.41, 5.74) is 2.61. The van der Waals surface area contributed by atoms with Gasteiger partial charge in [-0.25, -0.2) is 9.18 Å². The number of carbonyl (C=O) groups excluding carboxylic acids is 2. The van der Waals surface area contributed by atoms with Crippen molar-refractivity contribution >= 4 is 33.7 Å². The molecule has 0 saturated carbocycles. The van der Waals surface area contributed by atoms with E-state index in [9.17, 15) is 14.0 Å². The second-order valence-corrected chi connectivity index (χ2v) is 6.71. The van der Waals surface area contributed by atoms with Gasteiger partial charge in [0.05, 0.1) is 0 Å². The van der Waals surface area contributed by atoms with Gasteiger partial charge in [0.25, 0.3) is 5.91 Å². The zero-order chi connectivity index (χ0) is 20.4. The number of esters is 1. The van der Waals surface area contributed by atoms with Gasteiger partial charge in [0, 0.05) is 34.6 Å². The highest BCUT2D eigenvalue weighted by Crippen LogP contribution is 2.27. The topological polar surface area (TPSA) is 84.3 Å². The van der Waals surface area contributed by atoms with Crippen LogP contribution in [-0.2, 0) is 16.0 Å². The predicted molar refractivity (Wildman–Crippen MR) is 106 cm³/mol. The van der Waals surface area contributed by atoms with Crippen LogP contribution in [0.15, 0.2) is 53.1 Å². The standard InChI is InChI=1S/C22H19FN2O4/c1-13-15-6-4-7-17(23)21(15)29-20(13)22(27)28-12-19(26)24-10-9-14-11-25-18-8-3-2-5-16(14)18/h2-8,11,25H,9-10,12H2,1H3,(H,24,26). The number of benzene rings is 2. The fourth-order valence-electron chi connectivity index (χ4n) is 3.33. The first kappa shape index (κ1) is 18.7. The summed E-state index contributed by atoms with van der Waals surface area (Å²) in [5, 5.41) is 4.33. The molecule has 148 valence electrons. The van der Waals surface area contributed by atoms with E-state index in [0.29, 0.717) is 23.9 Å². The molecular weight excluding hydrogens is 375 g/mol. The van der Waals surface area contributed by atoms with E-state index in [-0.39, 0.29) is 11.3 Å². The molecule has 2 aromatic carbocycles. The molecule has 2 aromatic heterocycles. The van der Waals surface area contributed by atoms with Gasteiger partial charge >= 0.3 is 5.97 Å². The second kappa shape index (κ2) is 7.79. The van der Waals surface area contributed by atoms with Crippen molar-refractivity contribution in [3.05, 3.63) is 71.4 Å². The molecule has 2 heterocycles. The molecule has 0 fully saturated rings. The molecule has 0 aliphatic heterocycles. The van der Waals surface area contributed by atoms with Crippen LogP contribution in [0.4, 0.5) is 4.39 Å². The Hall–Kier alpha value is -3.61. The Morgan fingerprint density at radius 2 is 1.93 bits per heavy atom. The minimum absolute atomic E-state index is 0.000121. The monoisotopic (exact) mass is 394 g/mol. The lowest BCUT2D eigenvalue weighted by Gasteiger charge is -2.06. The fraction of sp³-hybridized carbons (Fsp3) is 0.182. The Balaban J connectivity index is 1.31. The number of amides is 1. The van der Waals surface area contributed by atoms with Crippen LogP contribution in [0.1, 0.15) is 21.7 Å². The first-order valence-corrected chi connectivity index (χ1v) is 9.21. The van der Waals surface area contributed by atoms with Gasteiger partial charge in [-0.05, 0) is 31.0 Å². The lowest BCUT2D eigenvalue weighted by atomic mass is 10.1. The number of hydrogen-bond acceptors (Lipinski definition) is 4. The first-order valence-electron chi connectivity index (χ1n) is 9.21. The molecule has 6 nitrogen and oxygen atoms in total. The number of carbonyl (C=O) groups is 2. The summed E-state index contributed by atoms with van der Waals surface area (Å²) in [5.74, 6) is -1.88. The van der Waals surface area contributed by atoms with Gasteiger partial charge in [-0.3, -0.25) is 4.79 Å². The van der Waals surface area contributed by atoms with Gasteiger partial charge < -0.3 is 19.5 Å². The van der Waals surface area contributed by atoms with Crippen LogP contribution in [0.3, 0.4) is 0 Å². The number of halogens is 1. The minimum atomic E-state index is -0.801. The maximum Gasteiger partial charge on any atom is 0.375 e. The molecule has 1 amide bonds. The molecular formula is C22H19FN2O4. The third-order valence-corrected chi connectivity index (χ3v) is 4.83. The van der Waals surface area contributed by atoms with Crippen molar-refractivity contribution in [3.63, 3.8) is 0 Å². The van der Waals surface area contributed by atoms with Crippen LogP contribution in [0, 0.1) is 12.7 Å². The van der Waals surface area contributed by atoms with Gasteiger partial charge in [-0.15, -0.1) is 0 Å². The number of hydrogen-bond donors (Lipinski definition) is 2. The normalized spacial score (nSPS) is 11.1. The number of aromatic amines is 1. The van der Waals surface area contributed by atoms with Crippen molar-refractivity contribution < 1.29 is 23.1 Å². The Morgan fingerprint density at radius 3 is 2.76 bits per heavy atom. The van der Waals surface area contributed by atoms with Gasteiger partial charge in [0.2, 0.25) is 5.76 Å². The second-order valence-electron chi connectivity index (χ2n) is 6.71. The van der Waals surface area contributed by atoms with E-state index in [1.807, 2.05) is 30.5 Å². The van der Waals surface area contributed by atoms with E-state index in [1.54, 1.807) is 13.0 Å². The van der Waals surface area contributed by atoms with Crippen LogP contribution >= 0.6 is 0 Å². The maximum atomic E-state index is 13.8. The minimum Gasteiger partial charge on any atom is -0.450 e. The molecule has 0 spiro atoms. The number of para-hydroxylation sites is 2. The number of nitrogens with one attached hydrogen (secondary N) is 2. The van der Waals surface area contributed by atoms with Crippen molar-refractivity contribution in [2.45, 2.75) is 13.3 Å². The molecule has 0 aliphatic rings. The number of fused-ring (bicyclic) bond motifs is 2. The summed E-state index contributed by atoms with van der Waals surface area (Å²) in [6.07, 6.45) is 2.56. The van der Waals surface area contributed by atoms with E-state index in [1.165, 1.54) is 12.1 Å². The average molecular weight is 394 g/mol. The Morgan fingerprint density at radius 1 is 1.14 bits per heavy atom. The number of aryl methyl sites for hydroxylation is 1. The number of aromatic nitrogens is 1. The van der Waals surface area contributed by atoms with Crippen LogP contribution in [-0.4, -0.2) is 30.0 Å². The Bertz CT molecular complexity index is 1210. The molecule has 0 unspecified atom stereocenters. The number of rotatable bonds is 6. The smallest absolute Gasteiger partial charge is 0.375 e. The van der Waals surface area contributed by atoms with Crippen molar-refractivity contribution in [2.75, 3.05) is 13.2 Å². The lowest BCUT2D eigenvalue weighted by molar-refractivity contribution is -0.124. The number of furan rings is 1. The highest BCUT2D eigenvalue weighted by molar-refractivity contribution is 5.96. The van der Waals surface area contributed by atoms with Gasteiger partial charge in [-0.1, -0.05) is 30.3 Å². The lowest BCUT2D eigenvalue weighted by Crippen LogP contribution is -2.30. The number of H-pyrrole nitrogens is 1. The highest BCUT2D eigenvalue weighted by atomic mass is 19.1. The molecule has 29 heavy (non-hydrogen) atoms. The largest absolute Gasteiger partial charge is 0.450 e. The maximum absolute atomic E-state index is 13.8. The SMILES string of the molecule is Cc1c(C(=O)OCC(=O)NCCc2c[nH]c3ccccc23)oc2c(F)cccc12. The highest BCUT2D eigenvalue weighted by Gasteiger charge is 2.21. The zero-order valence-corrected chi connectivity index (χ0v) is 15.8. The average Bonchev–Trinajstić information content (AvgIpc) is 3.29. The molecule has 0 bridgehead atoms. The molecule has 7 heteroatoms. The van der Waals surface area contributed by atoms with Crippen LogP contribution in [0.2, 0.25) is 0 Å². The summed E-state index contributed by atoms with van der Waals surface area (Å²) in [7, 11) is 0. The molecule has 2 N–H and O–H groups in total. The van der Waals surface area contributed by atoms with Crippen LogP contribution in [0.5, 0.6) is 0 Å². The third kappa shape index (κ3) is 3.71. The molecule has 0 saturated heterocycles. The fourth-order valence-corrected chi connectivity index (χ4v) is 3.33. The molecule has 0 aliphatic carbocycles. The van der Waals surface area contributed by atoms with E-state index in [4.69, 9.17) is 9.15 Å². The van der Waals surface area contributed by atoms with E-state index >= 15 is 0 Å². The molecule has 4 rings (SSSR count). The van der Waals surface area contributed by atoms with E-state index in [2.05, 4.69) is 10.3 Å². The molecule has 0 atom stereocenters. The van der Waals surface area contributed by atoms with Crippen molar-refractivity contribution in [3.8, 4) is 0 Å².